The van der Waals surface area contributed by atoms with Gasteiger partial charge in [0.1, 0.15) is 0 Å². The number of aliphatic hydroxyl groups excluding tert-OH is 1. The normalized spacial score (nSPS) is 10.7. The van der Waals surface area contributed by atoms with Crippen molar-refractivity contribution >= 4 is 34.1 Å². The average molecular weight is 401 g/mol. The van der Waals surface area contributed by atoms with E-state index in [1.165, 1.54) is 0 Å². The Balaban J connectivity index is 1.79. The number of aliphatic hydroxyl groups is 1. The first-order valence-electron chi connectivity index (χ1n) is 9.33. The van der Waals surface area contributed by atoms with Crippen LogP contribution < -0.4 is 10.6 Å². The molecule has 144 valence electrons. The molecular weight excluding hydrogens is 380 g/mol. The lowest BCUT2D eigenvalue weighted by atomic mass is 10.0. The SMILES string of the molecule is OCCNC(=S)Nc1ccc2nc(-c3ccccc3)c(-c3ccccc3)nc2c1. The van der Waals surface area contributed by atoms with E-state index in [9.17, 15) is 0 Å². The van der Waals surface area contributed by atoms with Gasteiger partial charge in [0.2, 0.25) is 0 Å². The predicted octanol–water partition coefficient (Wildman–Crippen LogP) is 4.24. The molecule has 0 aliphatic carbocycles. The maximum Gasteiger partial charge on any atom is 0.170 e. The lowest BCUT2D eigenvalue weighted by molar-refractivity contribution is 0.301. The van der Waals surface area contributed by atoms with Crippen molar-refractivity contribution in [3.63, 3.8) is 0 Å². The molecule has 0 fully saturated rings. The number of fused-ring (bicyclic) bond motifs is 1. The number of anilines is 1. The van der Waals surface area contributed by atoms with Crippen LogP contribution in [0, 0.1) is 0 Å². The minimum atomic E-state index is 0.0215. The molecule has 6 heteroatoms. The Morgan fingerprint density at radius 3 is 1.97 bits per heavy atom. The summed E-state index contributed by atoms with van der Waals surface area (Å²) in [4.78, 5) is 9.87. The number of aromatic nitrogens is 2. The van der Waals surface area contributed by atoms with Crippen LogP contribution in [0.15, 0.2) is 78.9 Å². The second kappa shape index (κ2) is 8.77. The zero-order valence-corrected chi connectivity index (χ0v) is 16.5. The third-order valence-corrected chi connectivity index (χ3v) is 4.66. The molecule has 0 saturated carbocycles. The number of benzene rings is 3. The van der Waals surface area contributed by atoms with Crippen molar-refractivity contribution in [3.05, 3.63) is 78.9 Å². The molecule has 0 unspecified atom stereocenters. The first kappa shape index (κ1) is 19.0. The fourth-order valence-electron chi connectivity index (χ4n) is 3.07. The second-order valence-electron chi connectivity index (χ2n) is 6.46. The third kappa shape index (κ3) is 4.39. The van der Waals surface area contributed by atoms with Crippen LogP contribution in [0.5, 0.6) is 0 Å². The van der Waals surface area contributed by atoms with Crippen LogP contribution in [0.1, 0.15) is 0 Å². The van der Waals surface area contributed by atoms with Crippen LogP contribution in [0.2, 0.25) is 0 Å². The van der Waals surface area contributed by atoms with Gasteiger partial charge in [0.05, 0.1) is 29.0 Å². The predicted molar refractivity (Wildman–Crippen MR) is 122 cm³/mol. The summed E-state index contributed by atoms with van der Waals surface area (Å²) >= 11 is 5.24. The number of thiocarbonyl (C=S) groups is 1. The van der Waals surface area contributed by atoms with Gasteiger partial charge < -0.3 is 15.7 Å². The molecule has 1 heterocycles. The molecule has 0 saturated heterocycles. The standard InChI is InChI=1S/C23H20N4OS/c28-14-13-24-23(29)25-18-11-12-19-20(15-18)27-22(17-9-5-2-6-10-17)21(26-19)16-7-3-1-4-8-16/h1-12,15,28H,13-14H2,(H2,24,25,29). The zero-order chi connectivity index (χ0) is 20.1. The van der Waals surface area contributed by atoms with Gasteiger partial charge in [-0.1, -0.05) is 60.7 Å². The molecule has 0 atom stereocenters. The first-order valence-corrected chi connectivity index (χ1v) is 9.74. The van der Waals surface area contributed by atoms with Crippen LogP contribution in [0.3, 0.4) is 0 Å². The Morgan fingerprint density at radius 2 is 1.38 bits per heavy atom. The van der Waals surface area contributed by atoms with E-state index < -0.39 is 0 Å². The van der Waals surface area contributed by atoms with E-state index in [1.807, 2.05) is 78.9 Å². The van der Waals surface area contributed by atoms with Crippen molar-refractivity contribution in [1.29, 1.82) is 0 Å². The first-order chi connectivity index (χ1) is 14.2. The molecule has 29 heavy (non-hydrogen) atoms. The summed E-state index contributed by atoms with van der Waals surface area (Å²) in [7, 11) is 0. The van der Waals surface area contributed by atoms with Crippen LogP contribution in [-0.4, -0.2) is 33.3 Å². The number of rotatable bonds is 5. The molecule has 0 aliphatic heterocycles. The zero-order valence-electron chi connectivity index (χ0n) is 15.7. The van der Waals surface area contributed by atoms with Gasteiger partial charge in [-0.3, -0.25) is 0 Å². The van der Waals surface area contributed by atoms with Gasteiger partial charge in [0.25, 0.3) is 0 Å². The highest BCUT2D eigenvalue weighted by atomic mass is 32.1. The van der Waals surface area contributed by atoms with E-state index in [0.29, 0.717) is 11.7 Å². The van der Waals surface area contributed by atoms with E-state index in [-0.39, 0.29) is 6.61 Å². The minimum absolute atomic E-state index is 0.0215. The van der Waals surface area contributed by atoms with Gasteiger partial charge in [0, 0.05) is 23.4 Å². The molecule has 3 N–H and O–H groups in total. The summed E-state index contributed by atoms with van der Waals surface area (Å²) in [6.07, 6.45) is 0. The summed E-state index contributed by atoms with van der Waals surface area (Å²) in [5.41, 5.74) is 6.12. The summed E-state index contributed by atoms with van der Waals surface area (Å²) in [5.74, 6) is 0. The van der Waals surface area contributed by atoms with Gasteiger partial charge in [-0.15, -0.1) is 0 Å². The number of nitrogens with zero attached hydrogens (tertiary/aromatic N) is 2. The number of hydrogen-bond donors (Lipinski definition) is 3. The molecule has 3 aromatic carbocycles. The molecule has 0 bridgehead atoms. The highest BCUT2D eigenvalue weighted by Gasteiger charge is 2.13. The van der Waals surface area contributed by atoms with Gasteiger partial charge in [-0.05, 0) is 30.4 Å². The molecule has 0 aliphatic rings. The lowest BCUT2D eigenvalue weighted by Crippen LogP contribution is -2.30. The molecule has 4 rings (SSSR count). The minimum Gasteiger partial charge on any atom is -0.395 e. The summed E-state index contributed by atoms with van der Waals surface area (Å²) in [6.45, 7) is 0.422. The van der Waals surface area contributed by atoms with E-state index in [0.717, 1.165) is 39.2 Å². The Kier molecular flexibility index (Phi) is 5.74. The molecule has 5 nitrogen and oxygen atoms in total. The Hall–Kier alpha value is -3.35. The maximum absolute atomic E-state index is 8.91. The van der Waals surface area contributed by atoms with Crippen LogP contribution in [0.4, 0.5) is 5.69 Å². The smallest absolute Gasteiger partial charge is 0.170 e. The van der Waals surface area contributed by atoms with Crippen LogP contribution in [-0.2, 0) is 0 Å². The Labute approximate surface area is 174 Å². The average Bonchev–Trinajstić information content (AvgIpc) is 2.78. The van der Waals surface area contributed by atoms with E-state index in [1.54, 1.807) is 0 Å². The van der Waals surface area contributed by atoms with Crippen LogP contribution in [0.25, 0.3) is 33.5 Å². The Bertz CT molecular complexity index is 1130. The fourth-order valence-corrected chi connectivity index (χ4v) is 3.29. The van der Waals surface area contributed by atoms with E-state index in [4.69, 9.17) is 27.3 Å². The largest absolute Gasteiger partial charge is 0.395 e. The summed E-state index contributed by atoms with van der Waals surface area (Å²) < 4.78 is 0. The monoisotopic (exact) mass is 400 g/mol. The van der Waals surface area contributed by atoms with E-state index in [2.05, 4.69) is 10.6 Å². The van der Waals surface area contributed by atoms with Crippen molar-refractivity contribution in [3.8, 4) is 22.5 Å². The molecular formula is C23H20N4OS. The second-order valence-corrected chi connectivity index (χ2v) is 6.87. The van der Waals surface area contributed by atoms with Crippen LogP contribution >= 0.6 is 12.2 Å². The molecule has 0 amide bonds. The molecule has 0 spiro atoms. The summed E-state index contributed by atoms with van der Waals surface area (Å²) in [6, 6.07) is 25.9. The lowest BCUT2D eigenvalue weighted by Gasteiger charge is -2.13. The van der Waals surface area contributed by atoms with Gasteiger partial charge in [-0.25, -0.2) is 9.97 Å². The maximum atomic E-state index is 8.91. The quantitative estimate of drug-likeness (QED) is 0.435. The highest BCUT2D eigenvalue weighted by Crippen LogP contribution is 2.31. The number of hydrogen-bond acceptors (Lipinski definition) is 4. The summed E-state index contributed by atoms with van der Waals surface area (Å²) in [5, 5.41) is 15.4. The molecule has 1 aromatic heterocycles. The molecule has 4 aromatic rings. The van der Waals surface area contributed by atoms with E-state index >= 15 is 0 Å². The fraction of sp³-hybridized carbons (Fsp3) is 0.0870. The van der Waals surface area contributed by atoms with Gasteiger partial charge >= 0.3 is 0 Å². The number of nitrogens with one attached hydrogen (secondary N) is 2. The Morgan fingerprint density at radius 1 is 0.793 bits per heavy atom. The van der Waals surface area contributed by atoms with Crippen molar-refractivity contribution in [1.82, 2.24) is 15.3 Å². The van der Waals surface area contributed by atoms with Crippen molar-refractivity contribution in [2.24, 2.45) is 0 Å². The van der Waals surface area contributed by atoms with Crippen molar-refractivity contribution < 1.29 is 5.11 Å². The van der Waals surface area contributed by atoms with Gasteiger partial charge in [-0.2, -0.15) is 0 Å². The van der Waals surface area contributed by atoms with Crippen molar-refractivity contribution in [2.75, 3.05) is 18.5 Å². The third-order valence-electron chi connectivity index (χ3n) is 4.41. The molecule has 0 radical (unpaired) electrons. The van der Waals surface area contributed by atoms with Gasteiger partial charge in [0.15, 0.2) is 5.11 Å². The topological polar surface area (TPSA) is 70.1 Å². The van der Waals surface area contributed by atoms with Crippen molar-refractivity contribution in [2.45, 2.75) is 0 Å². The highest BCUT2D eigenvalue weighted by molar-refractivity contribution is 7.80.